The van der Waals surface area contributed by atoms with Gasteiger partial charge >= 0.3 is 0 Å². The maximum absolute atomic E-state index is 12.5. The van der Waals surface area contributed by atoms with Crippen LogP contribution in [0, 0.1) is 0 Å². The van der Waals surface area contributed by atoms with Gasteiger partial charge in [0.15, 0.2) is 9.84 Å². The molecule has 6 heteroatoms. The average molecular weight is 349 g/mol. The van der Waals surface area contributed by atoms with E-state index in [-0.39, 0.29) is 18.2 Å². The van der Waals surface area contributed by atoms with Gasteiger partial charge in [-0.1, -0.05) is 36.4 Å². The first kappa shape index (κ1) is 16.2. The maximum atomic E-state index is 12.5. The Hall–Kier alpha value is -1.66. The third-order valence-electron chi connectivity index (χ3n) is 4.15. The van der Waals surface area contributed by atoms with Gasteiger partial charge in [-0.3, -0.25) is 4.79 Å². The van der Waals surface area contributed by atoms with E-state index in [1.807, 2.05) is 47.8 Å². The number of rotatable bonds is 3. The van der Waals surface area contributed by atoms with E-state index in [0.29, 0.717) is 19.4 Å². The molecule has 4 nitrogen and oxygen atoms in total. The molecule has 0 aliphatic carbocycles. The van der Waals surface area contributed by atoms with Crippen LogP contribution in [-0.2, 0) is 21.1 Å². The molecule has 1 aromatic carbocycles. The van der Waals surface area contributed by atoms with Gasteiger partial charge in [-0.25, -0.2) is 8.42 Å². The van der Waals surface area contributed by atoms with Crippen molar-refractivity contribution in [3.8, 4) is 0 Å². The van der Waals surface area contributed by atoms with Crippen LogP contribution in [0.2, 0.25) is 0 Å². The van der Waals surface area contributed by atoms with Crippen molar-refractivity contribution in [2.45, 2.75) is 18.1 Å². The molecule has 1 unspecified atom stereocenters. The Labute approximate surface area is 140 Å². The van der Waals surface area contributed by atoms with Crippen LogP contribution in [-0.4, -0.2) is 38.1 Å². The average Bonchev–Trinajstić information content (AvgIpc) is 2.99. The van der Waals surface area contributed by atoms with Gasteiger partial charge in [0.1, 0.15) is 0 Å². The van der Waals surface area contributed by atoms with Crippen LogP contribution in [0.5, 0.6) is 0 Å². The number of hydrogen-bond acceptors (Lipinski definition) is 4. The molecule has 1 aliphatic heterocycles. The summed E-state index contributed by atoms with van der Waals surface area (Å²) in [7, 11) is -3.21. The first-order valence-electron chi connectivity index (χ1n) is 7.63. The van der Waals surface area contributed by atoms with Crippen LogP contribution < -0.4 is 0 Å². The van der Waals surface area contributed by atoms with Crippen molar-refractivity contribution < 1.29 is 13.2 Å². The Bertz CT molecular complexity index is 754. The molecule has 23 heavy (non-hydrogen) atoms. The number of nitrogens with zero attached hydrogens (tertiary/aromatic N) is 1. The van der Waals surface area contributed by atoms with E-state index >= 15 is 0 Å². The lowest BCUT2D eigenvalue weighted by Crippen LogP contribution is -2.34. The highest BCUT2D eigenvalue weighted by Gasteiger charge is 2.33. The van der Waals surface area contributed by atoms with Crippen molar-refractivity contribution in [3.63, 3.8) is 0 Å². The SMILES string of the molecule is O=C(Cc1ccccc1)N1CCC(c2cccs2)S(=O)(=O)CC1. The summed E-state index contributed by atoms with van der Waals surface area (Å²) in [6.45, 7) is 0.781. The standard InChI is InChI=1S/C17H19NO3S2/c19-17(13-14-5-2-1-3-6-14)18-9-8-16(15-7-4-11-22-15)23(20,21)12-10-18/h1-7,11,16H,8-10,12-13H2. The highest BCUT2D eigenvalue weighted by molar-refractivity contribution is 7.91. The number of amides is 1. The maximum Gasteiger partial charge on any atom is 0.227 e. The van der Waals surface area contributed by atoms with Crippen LogP contribution in [0.1, 0.15) is 22.1 Å². The smallest absolute Gasteiger partial charge is 0.227 e. The number of carbonyl (C=O) groups is 1. The Balaban J connectivity index is 1.71. The molecule has 1 amide bonds. The van der Waals surface area contributed by atoms with E-state index in [1.54, 1.807) is 4.90 Å². The Morgan fingerprint density at radius 2 is 1.91 bits per heavy atom. The molecular weight excluding hydrogens is 330 g/mol. The van der Waals surface area contributed by atoms with Gasteiger partial charge in [0.2, 0.25) is 5.91 Å². The van der Waals surface area contributed by atoms with Gasteiger partial charge in [-0.15, -0.1) is 11.3 Å². The van der Waals surface area contributed by atoms with E-state index in [2.05, 4.69) is 0 Å². The first-order valence-corrected chi connectivity index (χ1v) is 10.2. The molecule has 1 aliphatic rings. The molecule has 1 fully saturated rings. The summed E-state index contributed by atoms with van der Waals surface area (Å²) < 4.78 is 25.0. The predicted octanol–water partition coefficient (Wildman–Crippen LogP) is 2.68. The van der Waals surface area contributed by atoms with Crippen molar-refractivity contribution in [2.24, 2.45) is 0 Å². The van der Waals surface area contributed by atoms with Gasteiger partial charge < -0.3 is 4.90 Å². The summed E-state index contributed by atoms with van der Waals surface area (Å²) in [4.78, 5) is 15.0. The van der Waals surface area contributed by atoms with E-state index in [9.17, 15) is 13.2 Å². The fraction of sp³-hybridized carbons (Fsp3) is 0.353. The molecule has 0 radical (unpaired) electrons. The number of hydrogen-bond donors (Lipinski definition) is 0. The molecule has 2 aromatic rings. The summed E-state index contributed by atoms with van der Waals surface area (Å²) in [5.74, 6) is 0.0362. The highest BCUT2D eigenvalue weighted by atomic mass is 32.2. The summed E-state index contributed by atoms with van der Waals surface area (Å²) >= 11 is 1.47. The largest absolute Gasteiger partial charge is 0.341 e. The Kier molecular flexibility index (Phi) is 4.82. The van der Waals surface area contributed by atoms with Crippen molar-refractivity contribution >= 4 is 27.1 Å². The Morgan fingerprint density at radius 3 is 2.61 bits per heavy atom. The van der Waals surface area contributed by atoms with Crippen LogP contribution in [0.4, 0.5) is 0 Å². The third kappa shape index (κ3) is 3.82. The lowest BCUT2D eigenvalue weighted by molar-refractivity contribution is -0.130. The topological polar surface area (TPSA) is 54.5 Å². The van der Waals surface area contributed by atoms with Crippen molar-refractivity contribution in [1.29, 1.82) is 0 Å². The molecule has 3 rings (SSSR count). The van der Waals surface area contributed by atoms with Gasteiger partial charge in [0.25, 0.3) is 0 Å². The van der Waals surface area contributed by atoms with Crippen LogP contribution in [0.3, 0.4) is 0 Å². The molecule has 1 aromatic heterocycles. The second-order valence-corrected chi connectivity index (χ2v) is 8.99. The van der Waals surface area contributed by atoms with E-state index < -0.39 is 15.1 Å². The summed E-state index contributed by atoms with van der Waals surface area (Å²) in [6.07, 6.45) is 0.800. The van der Waals surface area contributed by atoms with E-state index in [4.69, 9.17) is 0 Å². The van der Waals surface area contributed by atoms with Gasteiger partial charge in [0.05, 0.1) is 17.4 Å². The van der Waals surface area contributed by atoms with Crippen LogP contribution in [0.25, 0.3) is 0 Å². The summed E-state index contributed by atoms with van der Waals surface area (Å²) in [5, 5.41) is 1.42. The minimum Gasteiger partial charge on any atom is -0.341 e. The summed E-state index contributed by atoms with van der Waals surface area (Å²) in [6, 6.07) is 13.3. The molecule has 0 N–H and O–H groups in total. The van der Waals surface area contributed by atoms with E-state index in [0.717, 1.165) is 10.4 Å². The third-order valence-corrected chi connectivity index (χ3v) is 7.40. The van der Waals surface area contributed by atoms with Crippen molar-refractivity contribution in [3.05, 3.63) is 58.3 Å². The molecule has 1 atom stereocenters. The number of sulfone groups is 1. The molecule has 2 heterocycles. The zero-order chi connectivity index (χ0) is 16.3. The van der Waals surface area contributed by atoms with E-state index in [1.165, 1.54) is 11.3 Å². The minimum atomic E-state index is -3.21. The zero-order valence-corrected chi connectivity index (χ0v) is 14.4. The molecule has 0 bridgehead atoms. The lowest BCUT2D eigenvalue weighted by atomic mass is 10.1. The number of benzene rings is 1. The van der Waals surface area contributed by atoms with Crippen molar-refractivity contribution in [1.82, 2.24) is 4.90 Å². The lowest BCUT2D eigenvalue weighted by Gasteiger charge is -2.20. The van der Waals surface area contributed by atoms with Crippen LogP contribution >= 0.6 is 11.3 Å². The second-order valence-electron chi connectivity index (χ2n) is 5.70. The fourth-order valence-corrected chi connectivity index (χ4v) is 5.87. The number of carbonyl (C=O) groups excluding carboxylic acids is 1. The molecule has 0 spiro atoms. The van der Waals surface area contributed by atoms with Gasteiger partial charge in [-0.2, -0.15) is 0 Å². The molecule has 0 saturated carbocycles. The zero-order valence-electron chi connectivity index (χ0n) is 12.7. The highest BCUT2D eigenvalue weighted by Crippen LogP contribution is 2.32. The molecule has 122 valence electrons. The Morgan fingerprint density at radius 1 is 1.13 bits per heavy atom. The molecular formula is C17H19NO3S2. The number of thiophene rings is 1. The molecule has 1 saturated heterocycles. The fourth-order valence-electron chi connectivity index (χ4n) is 2.87. The predicted molar refractivity (Wildman–Crippen MR) is 92.2 cm³/mol. The first-order chi connectivity index (χ1) is 11.1. The minimum absolute atomic E-state index is 0.00164. The van der Waals surface area contributed by atoms with Gasteiger partial charge in [0, 0.05) is 18.0 Å². The second kappa shape index (κ2) is 6.84. The summed E-state index contributed by atoms with van der Waals surface area (Å²) in [5.41, 5.74) is 0.958. The van der Waals surface area contributed by atoms with Gasteiger partial charge in [-0.05, 0) is 23.4 Å². The quantitative estimate of drug-likeness (QED) is 0.856. The van der Waals surface area contributed by atoms with Crippen molar-refractivity contribution in [2.75, 3.05) is 18.8 Å². The van der Waals surface area contributed by atoms with Crippen LogP contribution in [0.15, 0.2) is 47.8 Å². The monoisotopic (exact) mass is 349 g/mol. The normalized spacial score (nSPS) is 20.9.